The molecular formula is C16H18N2O5. The highest BCUT2D eigenvalue weighted by Gasteiger charge is 2.22. The highest BCUT2D eigenvalue weighted by atomic mass is 16.4. The lowest BCUT2D eigenvalue weighted by Gasteiger charge is -2.22. The molecule has 0 aliphatic rings. The molecule has 0 atom stereocenters. The smallest absolute Gasteiger partial charge is 0.323 e. The summed E-state index contributed by atoms with van der Waals surface area (Å²) in [4.78, 5) is 39.3. The number of carbonyl (C=O) groups excluding carboxylic acids is 1. The monoisotopic (exact) mass is 318 g/mol. The number of carboxylic acids is 1. The van der Waals surface area contributed by atoms with Gasteiger partial charge >= 0.3 is 5.97 Å². The van der Waals surface area contributed by atoms with Gasteiger partial charge in [0.15, 0.2) is 0 Å². The molecule has 2 rings (SSSR count). The van der Waals surface area contributed by atoms with Gasteiger partial charge in [-0.1, -0.05) is 13.8 Å². The number of aromatic amines is 1. The molecule has 0 bridgehead atoms. The Morgan fingerprint density at radius 2 is 2.04 bits per heavy atom. The Balaban J connectivity index is 2.30. The van der Waals surface area contributed by atoms with Gasteiger partial charge in [-0.05, 0) is 30.2 Å². The Bertz CT molecular complexity index is 746. The fraction of sp³-hybridized carbons (Fsp3) is 0.312. The normalized spacial score (nSPS) is 10.7. The van der Waals surface area contributed by atoms with Gasteiger partial charge in [0.25, 0.3) is 11.5 Å². The van der Waals surface area contributed by atoms with Crippen molar-refractivity contribution in [3.05, 3.63) is 46.4 Å². The van der Waals surface area contributed by atoms with Crippen LogP contribution in [0.5, 0.6) is 0 Å². The van der Waals surface area contributed by atoms with Crippen molar-refractivity contribution in [3.8, 4) is 11.5 Å². The molecule has 0 aliphatic heterocycles. The van der Waals surface area contributed by atoms with Crippen LogP contribution >= 0.6 is 0 Å². The molecule has 0 aliphatic carbocycles. The zero-order chi connectivity index (χ0) is 17.0. The first-order valence-corrected chi connectivity index (χ1v) is 7.16. The Hall–Kier alpha value is -2.83. The van der Waals surface area contributed by atoms with Crippen molar-refractivity contribution < 1.29 is 19.1 Å². The van der Waals surface area contributed by atoms with Crippen LogP contribution in [-0.4, -0.2) is 40.0 Å². The van der Waals surface area contributed by atoms with Crippen molar-refractivity contribution in [1.82, 2.24) is 9.88 Å². The Labute approximate surface area is 132 Å². The number of carbonyl (C=O) groups is 2. The minimum atomic E-state index is -1.12. The minimum absolute atomic E-state index is 0.0831. The molecule has 7 heteroatoms. The molecule has 2 aromatic rings. The first-order valence-electron chi connectivity index (χ1n) is 7.16. The number of rotatable bonds is 6. The van der Waals surface area contributed by atoms with E-state index in [0.29, 0.717) is 11.5 Å². The first kappa shape index (κ1) is 16.5. The number of H-pyrrole nitrogens is 1. The molecule has 2 N–H and O–H groups in total. The van der Waals surface area contributed by atoms with E-state index in [1.54, 1.807) is 18.2 Å². The van der Waals surface area contributed by atoms with E-state index in [2.05, 4.69) is 4.98 Å². The maximum absolute atomic E-state index is 12.5. The van der Waals surface area contributed by atoms with E-state index in [4.69, 9.17) is 9.52 Å². The number of hydrogen-bond donors (Lipinski definition) is 2. The number of nitrogens with zero attached hydrogens (tertiary/aromatic N) is 1. The molecule has 0 saturated heterocycles. The van der Waals surface area contributed by atoms with Crippen LogP contribution < -0.4 is 5.56 Å². The number of hydrogen-bond acceptors (Lipinski definition) is 4. The van der Waals surface area contributed by atoms with Crippen molar-refractivity contribution in [2.24, 2.45) is 5.92 Å². The highest BCUT2D eigenvalue weighted by molar-refractivity contribution is 5.95. The molecule has 0 saturated carbocycles. The average Bonchev–Trinajstić information content (AvgIpc) is 2.99. The van der Waals surface area contributed by atoms with E-state index in [0.717, 1.165) is 4.90 Å². The van der Waals surface area contributed by atoms with Gasteiger partial charge in [-0.25, -0.2) is 0 Å². The van der Waals surface area contributed by atoms with Crippen molar-refractivity contribution in [3.63, 3.8) is 0 Å². The molecule has 0 unspecified atom stereocenters. The lowest BCUT2D eigenvalue weighted by atomic mass is 10.1. The van der Waals surface area contributed by atoms with Crippen LogP contribution in [0.2, 0.25) is 0 Å². The fourth-order valence-corrected chi connectivity index (χ4v) is 2.21. The summed E-state index contributed by atoms with van der Waals surface area (Å²) in [6.07, 6.45) is 1.48. The van der Waals surface area contributed by atoms with Crippen LogP contribution in [-0.2, 0) is 4.79 Å². The summed E-state index contributed by atoms with van der Waals surface area (Å²) >= 11 is 0. The van der Waals surface area contributed by atoms with Gasteiger partial charge in [0.1, 0.15) is 17.9 Å². The largest absolute Gasteiger partial charge is 0.480 e. The van der Waals surface area contributed by atoms with Crippen LogP contribution in [0.25, 0.3) is 11.5 Å². The summed E-state index contributed by atoms with van der Waals surface area (Å²) in [6, 6.07) is 6.31. The number of aromatic nitrogens is 1. The third kappa shape index (κ3) is 4.09. The number of aliphatic carboxylic acids is 1. The maximum Gasteiger partial charge on any atom is 0.323 e. The van der Waals surface area contributed by atoms with Gasteiger partial charge in [-0.3, -0.25) is 14.4 Å². The molecule has 0 fully saturated rings. The van der Waals surface area contributed by atoms with E-state index >= 15 is 0 Å². The summed E-state index contributed by atoms with van der Waals surface area (Å²) in [5.74, 6) is -1.17. The third-order valence-electron chi connectivity index (χ3n) is 3.13. The Morgan fingerprint density at radius 3 is 2.57 bits per heavy atom. The zero-order valence-corrected chi connectivity index (χ0v) is 12.9. The second-order valence-corrected chi connectivity index (χ2v) is 5.57. The third-order valence-corrected chi connectivity index (χ3v) is 3.13. The van der Waals surface area contributed by atoms with E-state index in [1.807, 2.05) is 13.8 Å². The van der Waals surface area contributed by atoms with Crippen molar-refractivity contribution in [2.45, 2.75) is 13.8 Å². The molecule has 1 amide bonds. The molecule has 2 heterocycles. The van der Waals surface area contributed by atoms with Gasteiger partial charge in [0.05, 0.1) is 12.0 Å². The minimum Gasteiger partial charge on any atom is -0.480 e. The molecule has 0 spiro atoms. The van der Waals surface area contributed by atoms with Gasteiger partial charge in [-0.2, -0.15) is 0 Å². The fourth-order valence-electron chi connectivity index (χ4n) is 2.21. The van der Waals surface area contributed by atoms with E-state index in [-0.39, 0.29) is 18.0 Å². The van der Waals surface area contributed by atoms with E-state index in [1.165, 1.54) is 12.3 Å². The second kappa shape index (κ2) is 6.95. The van der Waals surface area contributed by atoms with Crippen molar-refractivity contribution in [2.75, 3.05) is 13.1 Å². The number of nitrogens with one attached hydrogen (secondary N) is 1. The molecule has 7 nitrogen and oxygen atoms in total. The summed E-state index contributed by atoms with van der Waals surface area (Å²) in [7, 11) is 0. The summed E-state index contributed by atoms with van der Waals surface area (Å²) < 4.78 is 5.18. The second-order valence-electron chi connectivity index (χ2n) is 5.57. The van der Waals surface area contributed by atoms with Crippen molar-refractivity contribution in [1.29, 1.82) is 0 Å². The lowest BCUT2D eigenvalue weighted by molar-refractivity contribution is -0.137. The lowest BCUT2D eigenvalue weighted by Crippen LogP contribution is -2.40. The number of amides is 1. The van der Waals surface area contributed by atoms with Crippen molar-refractivity contribution >= 4 is 11.9 Å². The topological polar surface area (TPSA) is 104 Å². The Kier molecular flexibility index (Phi) is 5.00. The number of pyridine rings is 1. The zero-order valence-electron chi connectivity index (χ0n) is 12.9. The number of furan rings is 1. The van der Waals surface area contributed by atoms with E-state index < -0.39 is 24.0 Å². The average molecular weight is 318 g/mol. The van der Waals surface area contributed by atoms with Gasteiger partial charge < -0.3 is 19.4 Å². The van der Waals surface area contributed by atoms with Gasteiger partial charge in [-0.15, -0.1) is 0 Å². The van der Waals surface area contributed by atoms with Crippen LogP contribution in [0.15, 0.2) is 39.7 Å². The summed E-state index contributed by atoms with van der Waals surface area (Å²) in [6.45, 7) is 3.54. The van der Waals surface area contributed by atoms with Gasteiger partial charge in [0, 0.05) is 6.54 Å². The summed E-state index contributed by atoms with van der Waals surface area (Å²) in [5.41, 5.74) is -0.226. The van der Waals surface area contributed by atoms with Crippen LogP contribution in [0.3, 0.4) is 0 Å². The predicted octanol–water partition coefficient (Wildman–Crippen LogP) is 1.82. The predicted molar refractivity (Wildman–Crippen MR) is 83.1 cm³/mol. The van der Waals surface area contributed by atoms with Crippen LogP contribution in [0.4, 0.5) is 0 Å². The summed E-state index contributed by atoms with van der Waals surface area (Å²) in [5, 5.41) is 8.94. The standard InChI is InChI=1S/C16H18N2O5/c1-10(2)8-18(9-14(19)20)16(22)11-5-6-12(17-15(11)21)13-4-3-7-23-13/h3-7,10H,8-9H2,1-2H3,(H,17,21)(H,19,20). The highest BCUT2D eigenvalue weighted by Crippen LogP contribution is 2.16. The van der Waals surface area contributed by atoms with Gasteiger partial charge in [0.2, 0.25) is 0 Å². The maximum atomic E-state index is 12.5. The quantitative estimate of drug-likeness (QED) is 0.845. The molecule has 23 heavy (non-hydrogen) atoms. The molecular weight excluding hydrogens is 300 g/mol. The SMILES string of the molecule is CC(C)CN(CC(=O)O)C(=O)c1ccc(-c2ccco2)[nH]c1=O. The van der Waals surface area contributed by atoms with E-state index in [9.17, 15) is 14.4 Å². The molecule has 122 valence electrons. The molecule has 0 aromatic carbocycles. The van der Waals surface area contributed by atoms with Crippen LogP contribution in [0.1, 0.15) is 24.2 Å². The molecule has 0 radical (unpaired) electrons. The molecule has 2 aromatic heterocycles. The first-order chi connectivity index (χ1) is 10.9. The van der Waals surface area contributed by atoms with Crippen LogP contribution in [0, 0.1) is 5.92 Å². The number of carboxylic acid groups (broad SMARTS) is 1. The Morgan fingerprint density at radius 1 is 1.30 bits per heavy atom.